The van der Waals surface area contributed by atoms with Gasteiger partial charge in [-0.05, 0) is 20.0 Å². The molecule has 0 aromatic carbocycles. The number of aldehydes is 1. The predicted octanol–water partition coefficient (Wildman–Crippen LogP) is 0.0357. The Morgan fingerprint density at radius 2 is 1.17 bits per heavy atom. The minimum absolute atomic E-state index is 0.236. The predicted molar refractivity (Wildman–Crippen MR) is 93.9 cm³/mol. The van der Waals surface area contributed by atoms with Crippen molar-refractivity contribution in [3.63, 3.8) is 0 Å². The van der Waals surface area contributed by atoms with Crippen molar-refractivity contribution >= 4 is 12.1 Å². The van der Waals surface area contributed by atoms with E-state index in [2.05, 4.69) is 33.4 Å². The van der Waals surface area contributed by atoms with Crippen LogP contribution in [0.2, 0.25) is 0 Å². The summed E-state index contributed by atoms with van der Waals surface area (Å²) in [5, 5.41) is 0. The zero-order valence-corrected chi connectivity index (χ0v) is 15.2. The maximum atomic E-state index is 11.5. The van der Waals surface area contributed by atoms with Crippen LogP contribution in [-0.2, 0) is 9.59 Å². The van der Waals surface area contributed by atoms with E-state index >= 15 is 0 Å². The molecular formula is C17H34N4O2. The molecule has 134 valence electrons. The van der Waals surface area contributed by atoms with E-state index in [1.54, 1.807) is 6.92 Å². The van der Waals surface area contributed by atoms with Gasteiger partial charge in [-0.15, -0.1) is 0 Å². The third-order valence-corrected chi connectivity index (χ3v) is 4.60. The van der Waals surface area contributed by atoms with Crippen LogP contribution >= 0.6 is 0 Å². The van der Waals surface area contributed by atoms with E-state index in [0.29, 0.717) is 13.1 Å². The Morgan fingerprint density at radius 3 is 1.52 bits per heavy atom. The van der Waals surface area contributed by atoms with Crippen molar-refractivity contribution in [2.75, 3.05) is 78.5 Å². The maximum absolute atomic E-state index is 11.5. The SMILES string of the molecule is CCN1CCN(CC=O)CCN(CC)CCN(CC(C)=O)CC1. The smallest absolute Gasteiger partial charge is 0.143 e. The van der Waals surface area contributed by atoms with Crippen molar-refractivity contribution < 1.29 is 9.59 Å². The summed E-state index contributed by atoms with van der Waals surface area (Å²) in [5.74, 6) is 0.236. The molecule has 6 heteroatoms. The van der Waals surface area contributed by atoms with Gasteiger partial charge in [0.15, 0.2) is 0 Å². The number of rotatable bonds is 6. The summed E-state index contributed by atoms with van der Waals surface area (Å²) >= 11 is 0. The Hall–Kier alpha value is -0.820. The van der Waals surface area contributed by atoms with Crippen LogP contribution in [0.3, 0.4) is 0 Å². The highest BCUT2D eigenvalue weighted by molar-refractivity contribution is 5.77. The number of nitrogens with zero attached hydrogens (tertiary/aromatic N) is 4. The van der Waals surface area contributed by atoms with Gasteiger partial charge < -0.3 is 14.6 Å². The highest BCUT2D eigenvalue weighted by Gasteiger charge is 2.15. The first kappa shape index (κ1) is 20.2. The van der Waals surface area contributed by atoms with Gasteiger partial charge in [0.25, 0.3) is 0 Å². The van der Waals surface area contributed by atoms with E-state index in [1.165, 1.54) is 0 Å². The van der Waals surface area contributed by atoms with Crippen LogP contribution in [0.5, 0.6) is 0 Å². The monoisotopic (exact) mass is 326 g/mol. The summed E-state index contributed by atoms with van der Waals surface area (Å²) in [5.41, 5.74) is 0. The fraction of sp³-hybridized carbons (Fsp3) is 0.882. The third-order valence-electron chi connectivity index (χ3n) is 4.60. The fourth-order valence-corrected chi connectivity index (χ4v) is 2.97. The topological polar surface area (TPSA) is 47.1 Å². The van der Waals surface area contributed by atoms with Crippen LogP contribution in [0.1, 0.15) is 20.8 Å². The van der Waals surface area contributed by atoms with Gasteiger partial charge >= 0.3 is 0 Å². The lowest BCUT2D eigenvalue weighted by Gasteiger charge is -2.32. The van der Waals surface area contributed by atoms with E-state index in [4.69, 9.17) is 0 Å². The molecule has 0 aromatic rings. The summed E-state index contributed by atoms with van der Waals surface area (Å²) in [6.45, 7) is 16.7. The van der Waals surface area contributed by atoms with Crippen molar-refractivity contribution in [1.29, 1.82) is 0 Å². The number of ketones is 1. The molecule has 1 aliphatic heterocycles. The van der Waals surface area contributed by atoms with Crippen LogP contribution < -0.4 is 0 Å². The normalized spacial score (nSPS) is 21.5. The van der Waals surface area contributed by atoms with E-state index in [0.717, 1.165) is 71.7 Å². The lowest BCUT2D eigenvalue weighted by Crippen LogP contribution is -2.46. The third kappa shape index (κ3) is 8.55. The minimum Gasteiger partial charge on any atom is -0.302 e. The number of hydrogen-bond donors (Lipinski definition) is 0. The van der Waals surface area contributed by atoms with Gasteiger partial charge in [0, 0.05) is 52.4 Å². The molecule has 0 saturated carbocycles. The fourth-order valence-electron chi connectivity index (χ4n) is 2.97. The van der Waals surface area contributed by atoms with Crippen molar-refractivity contribution in [3.05, 3.63) is 0 Å². The summed E-state index contributed by atoms with van der Waals surface area (Å²) in [6.07, 6.45) is 1.01. The van der Waals surface area contributed by atoms with Crippen molar-refractivity contribution in [2.24, 2.45) is 0 Å². The van der Waals surface area contributed by atoms with Crippen LogP contribution in [-0.4, -0.2) is 110 Å². The largest absolute Gasteiger partial charge is 0.302 e. The first-order valence-electron chi connectivity index (χ1n) is 8.91. The zero-order chi connectivity index (χ0) is 17.1. The van der Waals surface area contributed by atoms with Gasteiger partial charge in [-0.3, -0.25) is 14.6 Å². The Bertz CT molecular complexity index is 331. The number of carbonyl (C=O) groups is 2. The Balaban J connectivity index is 2.69. The van der Waals surface area contributed by atoms with Crippen LogP contribution in [0.4, 0.5) is 0 Å². The highest BCUT2D eigenvalue weighted by atomic mass is 16.1. The molecule has 0 atom stereocenters. The molecule has 0 amide bonds. The Kier molecular flexibility index (Phi) is 10.3. The Morgan fingerprint density at radius 1 is 0.783 bits per heavy atom. The van der Waals surface area contributed by atoms with Crippen molar-refractivity contribution in [1.82, 2.24) is 19.6 Å². The maximum Gasteiger partial charge on any atom is 0.143 e. The van der Waals surface area contributed by atoms with Gasteiger partial charge in [-0.2, -0.15) is 0 Å². The van der Waals surface area contributed by atoms with Gasteiger partial charge in [-0.1, -0.05) is 13.8 Å². The molecule has 23 heavy (non-hydrogen) atoms. The van der Waals surface area contributed by atoms with Gasteiger partial charge in [0.05, 0.1) is 13.1 Å². The van der Waals surface area contributed by atoms with E-state index in [1.807, 2.05) is 0 Å². The highest BCUT2D eigenvalue weighted by Crippen LogP contribution is 2.00. The second kappa shape index (κ2) is 11.7. The van der Waals surface area contributed by atoms with Crippen molar-refractivity contribution in [3.8, 4) is 0 Å². The number of hydrogen-bond acceptors (Lipinski definition) is 6. The first-order valence-corrected chi connectivity index (χ1v) is 8.91. The second-order valence-electron chi connectivity index (χ2n) is 6.31. The molecule has 0 N–H and O–H groups in total. The molecular weight excluding hydrogens is 292 g/mol. The molecule has 6 nitrogen and oxygen atoms in total. The minimum atomic E-state index is 0.236. The molecule has 0 aromatic heterocycles. The summed E-state index contributed by atoms with van der Waals surface area (Å²) < 4.78 is 0. The van der Waals surface area contributed by atoms with Gasteiger partial charge in [-0.25, -0.2) is 0 Å². The molecule has 0 radical (unpaired) electrons. The lowest BCUT2D eigenvalue weighted by atomic mass is 10.3. The second-order valence-corrected chi connectivity index (χ2v) is 6.31. The molecule has 0 spiro atoms. The molecule has 0 unspecified atom stereocenters. The molecule has 1 saturated heterocycles. The molecule has 1 fully saturated rings. The summed E-state index contributed by atoms with van der Waals surface area (Å²) in [7, 11) is 0. The number of Topliss-reactive ketones (excluding diaryl/α,β-unsaturated/α-hetero) is 1. The molecule has 1 rings (SSSR count). The summed E-state index contributed by atoms with van der Waals surface area (Å²) in [4.78, 5) is 31.7. The van der Waals surface area contributed by atoms with E-state index in [9.17, 15) is 9.59 Å². The average molecular weight is 326 g/mol. The van der Waals surface area contributed by atoms with Crippen LogP contribution in [0.15, 0.2) is 0 Å². The molecule has 1 aliphatic rings. The first-order chi connectivity index (χ1) is 11.1. The number of carbonyl (C=O) groups excluding carboxylic acids is 2. The van der Waals surface area contributed by atoms with Gasteiger partial charge in [0.2, 0.25) is 0 Å². The van der Waals surface area contributed by atoms with E-state index < -0.39 is 0 Å². The van der Waals surface area contributed by atoms with Crippen LogP contribution in [0, 0.1) is 0 Å². The van der Waals surface area contributed by atoms with E-state index in [-0.39, 0.29) is 5.78 Å². The number of likely N-dealkylation sites (N-methyl/N-ethyl adjacent to an activating group) is 2. The standard InChI is InChI=1S/C17H34N4O2/c1-4-18-6-10-20(14-15-22)11-7-19(5-2)9-13-21(12-8-18)16-17(3)23/h15H,4-14,16H2,1-3H3. The Labute approximate surface area is 141 Å². The zero-order valence-electron chi connectivity index (χ0n) is 15.2. The lowest BCUT2D eigenvalue weighted by molar-refractivity contribution is -0.118. The van der Waals surface area contributed by atoms with Crippen LogP contribution in [0.25, 0.3) is 0 Å². The molecule has 0 aliphatic carbocycles. The average Bonchev–Trinajstić information content (AvgIpc) is 2.52. The van der Waals surface area contributed by atoms with Crippen molar-refractivity contribution in [2.45, 2.75) is 20.8 Å². The quantitative estimate of drug-likeness (QED) is 0.642. The van der Waals surface area contributed by atoms with Gasteiger partial charge in [0.1, 0.15) is 12.1 Å². The molecule has 0 bridgehead atoms. The summed E-state index contributed by atoms with van der Waals surface area (Å²) in [6, 6.07) is 0. The molecule has 1 heterocycles.